The Bertz CT molecular complexity index is 332. The molecule has 5 heteroatoms. The van der Waals surface area contributed by atoms with Crippen molar-refractivity contribution in [2.24, 2.45) is 0 Å². The molecule has 0 spiro atoms. The molecule has 0 bridgehead atoms. The lowest BCUT2D eigenvalue weighted by Gasteiger charge is -2.18. The third-order valence-corrected chi connectivity index (χ3v) is 2.59. The van der Waals surface area contributed by atoms with Gasteiger partial charge in [-0.1, -0.05) is 11.6 Å². The summed E-state index contributed by atoms with van der Waals surface area (Å²) in [6, 6.07) is 4.33. The van der Waals surface area contributed by atoms with Crippen LogP contribution in [0.4, 0.5) is 0 Å². The van der Waals surface area contributed by atoms with E-state index in [1.54, 1.807) is 0 Å². The summed E-state index contributed by atoms with van der Waals surface area (Å²) in [4.78, 5) is 0. The van der Waals surface area contributed by atoms with Crippen LogP contribution in [-0.4, -0.2) is 27.2 Å². The van der Waals surface area contributed by atoms with Gasteiger partial charge < -0.3 is 15.3 Å². The van der Waals surface area contributed by atoms with Crippen molar-refractivity contribution in [1.82, 2.24) is 0 Å². The molecular weight excluding hydrogens is 236 g/mol. The Balaban J connectivity index is 2.89. The Hall–Kier alpha value is -0.420. The number of halogens is 1. The number of aliphatic hydroxyl groups is 2. The molecule has 0 saturated heterocycles. The van der Waals surface area contributed by atoms with Crippen LogP contribution in [0.15, 0.2) is 18.2 Å². The van der Waals surface area contributed by atoms with Crippen molar-refractivity contribution in [3.8, 4) is 5.75 Å². The van der Waals surface area contributed by atoms with E-state index in [9.17, 15) is 15.3 Å². The van der Waals surface area contributed by atoms with E-state index in [4.69, 9.17) is 11.6 Å². The number of hydrogen-bond acceptors (Lipinski definition) is 4. The molecule has 0 fully saturated rings. The maximum Gasteiger partial charge on any atom is 0.121 e. The van der Waals surface area contributed by atoms with E-state index >= 15 is 0 Å². The lowest BCUT2D eigenvalue weighted by Crippen LogP contribution is -2.18. The number of rotatable bonds is 4. The van der Waals surface area contributed by atoms with Crippen molar-refractivity contribution in [1.29, 1.82) is 0 Å². The van der Waals surface area contributed by atoms with Gasteiger partial charge in [-0.2, -0.15) is 12.6 Å². The van der Waals surface area contributed by atoms with Crippen molar-refractivity contribution >= 4 is 24.2 Å². The fourth-order valence-corrected chi connectivity index (χ4v) is 1.70. The summed E-state index contributed by atoms with van der Waals surface area (Å²) in [5.74, 6) is 0.379. The highest BCUT2D eigenvalue weighted by atomic mass is 35.5. The molecule has 1 aromatic rings. The first-order valence-corrected chi connectivity index (χ1v) is 5.52. The zero-order valence-electron chi connectivity index (χ0n) is 7.97. The zero-order chi connectivity index (χ0) is 11.4. The predicted molar refractivity (Wildman–Crippen MR) is 62.6 cm³/mol. The number of phenols is 1. The van der Waals surface area contributed by atoms with Crippen molar-refractivity contribution in [3.05, 3.63) is 28.8 Å². The molecule has 3 nitrogen and oxygen atoms in total. The summed E-state index contributed by atoms with van der Waals surface area (Å²) in [6.07, 6.45) is -1.75. The van der Waals surface area contributed by atoms with E-state index in [0.717, 1.165) is 0 Å². The molecule has 0 amide bonds. The minimum absolute atomic E-state index is 0.0786. The molecule has 84 valence electrons. The lowest BCUT2D eigenvalue weighted by molar-refractivity contribution is 0.0159. The van der Waals surface area contributed by atoms with Crippen LogP contribution in [0.3, 0.4) is 0 Å². The molecule has 2 atom stereocenters. The van der Waals surface area contributed by atoms with Gasteiger partial charge in [-0.3, -0.25) is 0 Å². The molecule has 1 rings (SSSR count). The van der Waals surface area contributed by atoms with Crippen LogP contribution in [0.1, 0.15) is 18.1 Å². The number of hydrogen-bond donors (Lipinski definition) is 4. The number of thiol groups is 1. The van der Waals surface area contributed by atoms with Crippen LogP contribution in [0, 0.1) is 0 Å². The number of aromatic hydroxyl groups is 1. The number of phenolic OH excluding ortho intramolecular Hbond substituents is 1. The smallest absolute Gasteiger partial charge is 0.121 e. The zero-order valence-corrected chi connectivity index (χ0v) is 9.62. The van der Waals surface area contributed by atoms with Crippen LogP contribution in [0.5, 0.6) is 5.75 Å². The molecule has 1 aromatic carbocycles. The second-order valence-corrected chi connectivity index (χ2v) is 4.11. The summed E-state index contributed by atoms with van der Waals surface area (Å²) in [5, 5.41) is 29.1. The molecule has 0 saturated carbocycles. The first-order valence-electron chi connectivity index (χ1n) is 4.51. The Morgan fingerprint density at radius 1 is 1.33 bits per heavy atom. The van der Waals surface area contributed by atoms with Crippen LogP contribution in [0.2, 0.25) is 5.02 Å². The summed E-state index contributed by atoms with van der Waals surface area (Å²) < 4.78 is 0. The van der Waals surface area contributed by atoms with Crippen molar-refractivity contribution in [2.45, 2.75) is 18.6 Å². The van der Waals surface area contributed by atoms with Gasteiger partial charge in [0.05, 0.1) is 6.10 Å². The topological polar surface area (TPSA) is 60.7 Å². The number of benzene rings is 1. The first kappa shape index (κ1) is 12.6. The summed E-state index contributed by atoms with van der Waals surface area (Å²) >= 11 is 9.68. The van der Waals surface area contributed by atoms with Crippen LogP contribution in [0.25, 0.3) is 0 Å². The van der Waals surface area contributed by atoms with E-state index in [-0.39, 0.29) is 11.3 Å². The van der Waals surface area contributed by atoms with Gasteiger partial charge in [-0.05, 0) is 30.4 Å². The monoisotopic (exact) mass is 248 g/mol. The highest BCUT2D eigenvalue weighted by molar-refractivity contribution is 7.80. The van der Waals surface area contributed by atoms with Gasteiger partial charge in [0.2, 0.25) is 0 Å². The molecule has 3 N–H and O–H groups in total. The molecule has 0 aliphatic carbocycles. The standard InChI is InChI=1S/C10H13ClO3S/c11-6-1-2-8(12)7(5-6)10(14)9(13)3-4-15/h1-2,5,9-10,12-15H,3-4H2. The van der Waals surface area contributed by atoms with E-state index in [1.807, 2.05) is 0 Å². The molecular formula is C10H13ClO3S. The van der Waals surface area contributed by atoms with Crippen LogP contribution in [-0.2, 0) is 0 Å². The van der Waals surface area contributed by atoms with Gasteiger partial charge in [-0.25, -0.2) is 0 Å². The van der Waals surface area contributed by atoms with E-state index in [1.165, 1.54) is 18.2 Å². The maximum absolute atomic E-state index is 9.72. The van der Waals surface area contributed by atoms with Gasteiger partial charge in [0, 0.05) is 10.6 Å². The Morgan fingerprint density at radius 3 is 2.60 bits per heavy atom. The van der Waals surface area contributed by atoms with Gasteiger partial charge in [0.25, 0.3) is 0 Å². The average molecular weight is 249 g/mol. The second kappa shape index (κ2) is 5.61. The number of aliphatic hydroxyl groups excluding tert-OH is 2. The van der Waals surface area contributed by atoms with Gasteiger partial charge in [0.1, 0.15) is 11.9 Å². The fourth-order valence-electron chi connectivity index (χ4n) is 1.26. The largest absolute Gasteiger partial charge is 0.508 e. The Kier molecular flexibility index (Phi) is 4.73. The van der Waals surface area contributed by atoms with Crippen molar-refractivity contribution < 1.29 is 15.3 Å². The lowest BCUT2D eigenvalue weighted by atomic mass is 10.0. The quantitative estimate of drug-likeness (QED) is 0.614. The normalized spacial score (nSPS) is 14.9. The third kappa shape index (κ3) is 3.28. The molecule has 0 heterocycles. The molecule has 0 aliphatic heterocycles. The Labute approximate surface area is 98.7 Å². The summed E-state index contributed by atoms with van der Waals surface area (Å²) in [5.41, 5.74) is 0.233. The molecule has 0 aromatic heterocycles. The fraction of sp³-hybridized carbons (Fsp3) is 0.400. The highest BCUT2D eigenvalue weighted by Gasteiger charge is 2.20. The average Bonchev–Trinajstić information content (AvgIpc) is 2.21. The van der Waals surface area contributed by atoms with E-state index in [2.05, 4.69) is 12.6 Å². The minimum atomic E-state index is -1.14. The van der Waals surface area contributed by atoms with Crippen molar-refractivity contribution in [3.63, 3.8) is 0 Å². The molecule has 0 aliphatic rings. The second-order valence-electron chi connectivity index (χ2n) is 3.23. The van der Waals surface area contributed by atoms with Gasteiger partial charge in [-0.15, -0.1) is 0 Å². The summed E-state index contributed by atoms with van der Waals surface area (Å²) in [6.45, 7) is 0. The Morgan fingerprint density at radius 2 is 2.00 bits per heavy atom. The molecule has 15 heavy (non-hydrogen) atoms. The van der Waals surface area contributed by atoms with Crippen LogP contribution >= 0.6 is 24.2 Å². The third-order valence-electron chi connectivity index (χ3n) is 2.10. The first-order chi connectivity index (χ1) is 7.06. The maximum atomic E-state index is 9.72. The summed E-state index contributed by atoms with van der Waals surface area (Å²) in [7, 11) is 0. The van der Waals surface area contributed by atoms with E-state index < -0.39 is 12.2 Å². The molecule has 2 unspecified atom stereocenters. The predicted octanol–water partition coefficient (Wildman–Crippen LogP) is 1.76. The SMILES string of the molecule is Oc1ccc(Cl)cc1C(O)C(O)CCS. The van der Waals surface area contributed by atoms with E-state index in [0.29, 0.717) is 17.2 Å². The van der Waals surface area contributed by atoms with Crippen LogP contribution < -0.4 is 0 Å². The minimum Gasteiger partial charge on any atom is -0.508 e. The molecule has 0 radical (unpaired) electrons. The highest BCUT2D eigenvalue weighted by Crippen LogP contribution is 2.30. The van der Waals surface area contributed by atoms with Gasteiger partial charge in [0.15, 0.2) is 0 Å². The van der Waals surface area contributed by atoms with Gasteiger partial charge >= 0.3 is 0 Å². The van der Waals surface area contributed by atoms with Crippen molar-refractivity contribution in [2.75, 3.05) is 5.75 Å².